The maximum atomic E-state index is 13.2. The van der Waals surface area contributed by atoms with Crippen molar-refractivity contribution >= 4 is 15.9 Å². The first-order chi connectivity index (χ1) is 13.6. The highest BCUT2D eigenvalue weighted by molar-refractivity contribution is 7.89. The van der Waals surface area contributed by atoms with E-state index in [-0.39, 0.29) is 18.5 Å². The third-order valence-electron chi connectivity index (χ3n) is 5.79. The number of carbonyl (C=O) groups is 1. The Labute approximate surface area is 166 Å². The molecule has 0 radical (unpaired) electrons. The zero-order valence-electron chi connectivity index (χ0n) is 15.9. The molecule has 2 aliphatic heterocycles. The fourth-order valence-corrected chi connectivity index (χ4v) is 6.17. The number of hydrogen-bond donors (Lipinski definition) is 0. The first kappa shape index (κ1) is 19.1. The van der Waals surface area contributed by atoms with E-state index in [9.17, 15) is 13.2 Å². The number of hydrogen-bond acceptors (Lipinski definition) is 4. The van der Waals surface area contributed by atoms with Gasteiger partial charge in [0.05, 0.1) is 11.3 Å². The molecule has 4 rings (SSSR count). The van der Waals surface area contributed by atoms with Gasteiger partial charge in [0.2, 0.25) is 10.0 Å². The molecule has 150 valence electrons. The SMILES string of the molecule is O=C(c1ccccc1)N1CCCC(S(=O)(=O)N2CCC(n3cccn3)CC2)C1. The second-order valence-corrected chi connectivity index (χ2v) is 9.76. The highest BCUT2D eigenvalue weighted by Gasteiger charge is 2.38. The first-order valence-electron chi connectivity index (χ1n) is 9.88. The minimum Gasteiger partial charge on any atom is -0.337 e. The molecule has 28 heavy (non-hydrogen) atoms. The van der Waals surface area contributed by atoms with Gasteiger partial charge in [-0.05, 0) is 43.9 Å². The van der Waals surface area contributed by atoms with E-state index < -0.39 is 15.3 Å². The van der Waals surface area contributed by atoms with Crippen LogP contribution in [-0.2, 0) is 10.0 Å². The summed E-state index contributed by atoms with van der Waals surface area (Å²) in [6.45, 7) is 1.91. The third-order valence-corrected chi connectivity index (χ3v) is 8.10. The Morgan fingerprint density at radius 2 is 1.75 bits per heavy atom. The molecule has 2 aromatic rings. The van der Waals surface area contributed by atoms with Gasteiger partial charge in [-0.15, -0.1) is 0 Å². The van der Waals surface area contributed by atoms with Gasteiger partial charge in [-0.1, -0.05) is 18.2 Å². The summed E-state index contributed by atoms with van der Waals surface area (Å²) in [6.07, 6.45) is 6.54. The van der Waals surface area contributed by atoms with Crippen LogP contribution in [0.15, 0.2) is 48.8 Å². The molecule has 0 bridgehead atoms. The Hall–Kier alpha value is -2.19. The van der Waals surface area contributed by atoms with Crippen molar-refractivity contribution < 1.29 is 13.2 Å². The number of sulfonamides is 1. The minimum absolute atomic E-state index is 0.0853. The van der Waals surface area contributed by atoms with E-state index in [0.717, 1.165) is 12.8 Å². The lowest BCUT2D eigenvalue weighted by atomic mass is 10.1. The van der Waals surface area contributed by atoms with Crippen LogP contribution in [0.4, 0.5) is 0 Å². The van der Waals surface area contributed by atoms with Crippen LogP contribution < -0.4 is 0 Å². The molecule has 2 aliphatic rings. The van der Waals surface area contributed by atoms with Crippen LogP contribution in [-0.4, -0.2) is 64.7 Å². The number of piperidine rings is 2. The maximum Gasteiger partial charge on any atom is 0.253 e. The van der Waals surface area contributed by atoms with Crippen molar-refractivity contribution in [1.29, 1.82) is 0 Å². The highest BCUT2D eigenvalue weighted by atomic mass is 32.2. The van der Waals surface area contributed by atoms with Crippen molar-refractivity contribution in [3.05, 3.63) is 54.4 Å². The van der Waals surface area contributed by atoms with Crippen molar-refractivity contribution in [3.63, 3.8) is 0 Å². The lowest BCUT2D eigenvalue weighted by Gasteiger charge is -2.37. The van der Waals surface area contributed by atoms with Crippen molar-refractivity contribution in [3.8, 4) is 0 Å². The molecule has 1 aromatic heterocycles. The summed E-state index contributed by atoms with van der Waals surface area (Å²) in [6, 6.07) is 11.2. The highest BCUT2D eigenvalue weighted by Crippen LogP contribution is 2.28. The summed E-state index contributed by atoms with van der Waals surface area (Å²) >= 11 is 0. The summed E-state index contributed by atoms with van der Waals surface area (Å²) in [7, 11) is -3.42. The van der Waals surface area contributed by atoms with Crippen LogP contribution in [0.5, 0.6) is 0 Å². The number of nitrogens with zero attached hydrogens (tertiary/aromatic N) is 4. The Balaban J connectivity index is 1.41. The van der Waals surface area contributed by atoms with E-state index in [4.69, 9.17) is 0 Å². The zero-order chi connectivity index (χ0) is 19.6. The van der Waals surface area contributed by atoms with Crippen molar-refractivity contribution in [2.75, 3.05) is 26.2 Å². The summed E-state index contributed by atoms with van der Waals surface area (Å²) < 4.78 is 29.9. The second-order valence-electron chi connectivity index (χ2n) is 7.54. The fraction of sp³-hybridized carbons (Fsp3) is 0.500. The molecule has 7 nitrogen and oxygen atoms in total. The molecule has 1 aromatic carbocycles. The molecule has 1 amide bonds. The quantitative estimate of drug-likeness (QED) is 0.785. The summed E-state index contributed by atoms with van der Waals surface area (Å²) in [5.41, 5.74) is 0.612. The van der Waals surface area contributed by atoms with Crippen molar-refractivity contribution in [2.45, 2.75) is 37.0 Å². The number of amides is 1. The van der Waals surface area contributed by atoms with Gasteiger partial charge in [-0.3, -0.25) is 9.48 Å². The second kappa shape index (κ2) is 8.05. The predicted molar refractivity (Wildman–Crippen MR) is 106 cm³/mol. The van der Waals surface area contributed by atoms with Gasteiger partial charge in [0, 0.05) is 44.1 Å². The number of benzene rings is 1. The Morgan fingerprint density at radius 1 is 1.00 bits per heavy atom. The zero-order valence-corrected chi connectivity index (χ0v) is 16.7. The number of carbonyl (C=O) groups excluding carboxylic acids is 1. The van der Waals surface area contributed by atoms with E-state index in [1.807, 2.05) is 35.1 Å². The molecule has 2 saturated heterocycles. The van der Waals surface area contributed by atoms with Crippen LogP contribution >= 0.6 is 0 Å². The fourth-order valence-electron chi connectivity index (χ4n) is 4.20. The van der Waals surface area contributed by atoms with Gasteiger partial charge in [0.15, 0.2) is 0 Å². The van der Waals surface area contributed by atoms with Crippen LogP contribution in [0.3, 0.4) is 0 Å². The molecular weight excluding hydrogens is 376 g/mol. The molecule has 3 heterocycles. The normalized spacial score (nSPS) is 22.3. The molecule has 8 heteroatoms. The van der Waals surface area contributed by atoms with Crippen LogP contribution in [0.2, 0.25) is 0 Å². The van der Waals surface area contributed by atoms with Gasteiger partial charge in [-0.25, -0.2) is 12.7 Å². The summed E-state index contributed by atoms with van der Waals surface area (Å²) in [5, 5.41) is 3.76. The third kappa shape index (κ3) is 3.84. The number of likely N-dealkylation sites (tertiary alicyclic amines) is 1. The van der Waals surface area contributed by atoms with Crippen LogP contribution in [0.25, 0.3) is 0 Å². The molecule has 0 spiro atoms. The van der Waals surface area contributed by atoms with Gasteiger partial charge in [0.25, 0.3) is 5.91 Å². The van der Waals surface area contributed by atoms with Crippen molar-refractivity contribution in [2.24, 2.45) is 0 Å². The lowest BCUT2D eigenvalue weighted by molar-refractivity contribution is 0.0725. The molecule has 0 saturated carbocycles. The topological polar surface area (TPSA) is 75.5 Å². The minimum atomic E-state index is -3.42. The molecular formula is C20H26N4O3S. The predicted octanol–water partition coefficient (Wildman–Crippen LogP) is 2.15. The molecule has 1 unspecified atom stereocenters. The Bertz CT molecular complexity index is 891. The Kier molecular flexibility index (Phi) is 5.50. The lowest BCUT2D eigenvalue weighted by Crippen LogP contribution is -2.51. The van der Waals surface area contributed by atoms with Crippen molar-refractivity contribution in [1.82, 2.24) is 19.0 Å². The monoisotopic (exact) mass is 402 g/mol. The van der Waals surface area contributed by atoms with E-state index in [2.05, 4.69) is 5.10 Å². The van der Waals surface area contributed by atoms with E-state index in [0.29, 0.717) is 38.0 Å². The average molecular weight is 403 g/mol. The number of aromatic nitrogens is 2. The van der Waals surface area contributed by atoms with Gasteiger partial charge >= 0.3 is 0 Å². The first-order valence-corrected chi connectivity index (χ1v) is 11.4. The van der Waals surface area contributed by atoms with Crippen LogP contribution in [0.1, 0.15) is 42.1 Å². The molecule has 1 atom stereocenters. The largest absolute Gasteiger partial charge is 0.337 e. The smallest absolute Gasteiger partial charge is 0.253 e. The van der Waals surface area contributed by atoms with E-state index in [1.165, 1.54) is 0 Å². The summed E-state index contributed by atoms with van der Waals surface area (Å²) in [5.74, 6) is -0.0853. The Morgan fingerprint density at radius 3 is 2.43 bits per heavy atom. The van der Waals surface area contributed by atoms with Gasteiger partial charge < -0.3 is 4.90 Å². The van der Waals surface area contributed by atoms with E-state index in [1.54, 1.807) is 27.5 Å². The molecule has 0 aliphatic carbocycles. The van der Waals surface area contributed by atoms with Gasteiger partial charge in [0.1, 0.15) is 0 Å². The summed E-state index contributed by atoms with van der Waals surface area (Å²) in [4.78, 5) is 14.4. The standard InChI is InChI=1S/C20H26N4O3S/c25-20(17-6-2-1-3-7-17)22-12-4-8-19(16-22)28(26,27)23-14-9-18(10-15-23)24-13-5-11-21-24/h1-3,5-7,11,13,18-19H,4,8-10,12,14-16H2. The van der Waals surface area contributed by atoms with E-state index >= 15 is 0 Å². The molecule has 2 fully saturated rings. The van der Waals surface area contributed by atoms with Gasteiger partial charge in [-0.2, -0.15) is 5.10 Å². The molecule has 0 N–H and O–H groups in total. The van der Waals surface area contributed by atoms with Crippen LogP contribution in [0, 0.1) is 0 Å². The maximum absolute atomic E-state index is 13.2. The number of rotatable bonds is 4. The average Bonchev–Trinajstić information content (AvgIpc) is 3.29.